The molecule has 1 aliphatic heterocycles. The second kappa shape index (κ2) is 6.97. The molecule has 1 aromatic heterocycles. The number of ether oxygens (including phenoxy) is 1. The Morgan fingerprint density at radius 2 is 2.12 bits per heavy atom. The van der Waals surface area contributed by atoms with E-state index in [4.69, 9.17) is 15.6 Å². The molecule has 12 nitrogen and oxygen atoms in total. The summed E-state index contributed by atoms with van der Waals surface area (Å²) in [7, 11) is -4.42. The van der Waals surface area contributed by atoms with Crippen LogP contribution in [0.4, 0.5) is 5.82 Å². The van der Waals surface area contributed by atoms with Gasteiger partial charge in [-0.25, -0.2) is 4.79 Å². The van der Waals surface area contributed by atoms with Crippen LogP contribution in [-0.2, 0) is 18.6 Å². The van der Waals surface area contributed by atoms with E-state index in [1.807, 2.05) is 0 Å². The summed E-state index contributed by atoms with van der Waals surface area (Å²) in [6.45, 7) is -0.660. The molecule has 1 aliphatic rings. The van der Waals surface area contributed by atoms with E-state index in [-0.39, 0.29) is 5.82 Å². The third-order valence-corrected chi connectivity index (χ3v) is 4.46. The van der Waals surface area contributed by atoms with Gasteiger partial charge < -0.3 is 35.2 Å². The summed E-state index contributed by atoms with van der Waals surface area (Å²) in [5.41, 5.74) is 4.52. The van der Waals surface area contributed by atoms with Crippen LogP contribution in [0.25, 0.3) is 0 Å². The summed E-state index contributed by atoms with van der Waals surface area (Å²) >= 11 is 0. The first-order valence-electron chi connectivity index (χ1n) is 6.65. The fourth-order valence-corrected chi connectivity index (χ4v) is 2.94. The molecule has 1 aromatic rings. The minimum Gasteiger partial charge on any atom is -0.481 e. The molecule has 134 valence electrons. The number of aromatic nitrogens is 2. The van der Waals surface area contributed by atoms with Gasteiger partial charge in [-0.05, 0) is 6.07 Å². The van der Waals surface area contributed by atoms with E-state index in [2.05, 4.69) is 9.51 Å². The quantitative estimate of drug-likeness (QED) is 0.341. The van der Waals surface area contributed by atoms with Crippen LogP contribution in [0.5, 0.6) is 0 Å². The number of aliphatic hydroxyl groups is 2. The number of nitrogen functional groups attached to an aromatic ring is 1. The van der Waals surface area contributed by atoms with Gasteiger partial charge in [0, 0.05) is 6.20 Å². The molecule has 0 spiro atoms. The SMILES string of the molecule is Nc1ccn([C@@H]2O[C@H](COP(=O)(O)CC(=O)O)[C@@H](O)[C@H]2O)c(=O)n1. The zero-order valence-electron chi connectivity index (χ0n) is 12.1. The van der Waals surface area contributed by atoms with Gasteiger partial charge in [-0.2, -0.15) is 4.98 Å². The summed E-state index contributed by atoms with van der Waals surface area (Å²) in [6.07, 6.45) is -5.57. The van der Waals surface area contributed by atoms with Gasteiger partial charge in [0.1, 0.15) is 30.3 Å². The molecule has 1 fully saturated rings. The van der Waals surface area contributed by atoms with E-state index in [0.29, 0.717) is 0 Å². The van der Waals surface area contributed by atoms with E-state index in [9.17, 15) is 29.3 Å². The number of aliphatic carboxylic acids is 1. The molecule has 6 N–H and O–H groups in total. The number of carboxylic acid groups (broad SMARTS) is 1. The lowest BCUT2D eigenvalue weighted by Gasteiger charge is -2.17. The van der Waals surface area contributed by atoms with Gasteiger partial charge in [0.05, 0.1) is 6.61 Å². The maximum atomic E-state index is 11.7. The zero-order chi connectivity index (χ0) is 18.1. The third-order valence-electron chi connectivity index (χ3n) is 3.24. The summed E-state index contributed by atoms with van der Waals surface area (Å²) in [6, 6.07) is 1.28. The summed E-state index contributed by atoms with van der Waals surface area (Å²) in [5.74, 6) is -1.58. The van der Waals surface area contributed by atoms with Crippen molar-refractivity contribution in [1.29, 1.82) is 0 Å². The van der Waals surface area contributed by atoms with Crippen molar-refractivity contribution in [2.24, 2.45) is 0 Å². The first kappa shape index (κ1) is 18.5. The number of aliphatic hydroxyl groups excluding tert-OH is 2. The third kappa shape index (κ3) is 4.17. The van der Waals surface area contributed by atoms with Crippen molar-refractivity contribution >= 4 is 19.4 Å². The lowest BCUT2D eigenvalue weighted by Crippen LogP contribution is -2.36. The smallest absolute Gasteiger partial charge is 0.351 e. The minimum atomic E-state index is -4.42. The molecule has 5 atom stereocenters. The number of hydrogen-bond acceptors (Lipinski definition) is 9. The van der Waals surface area contributed by atoms with Crippen molar-refractivity contribution in [3.05, 3.63) is 22.7 Å². The number of anilines is 1. The van der Waals surface area contributed by atoms with Crippen LogP contribution in [0.3, 0.4) is 0 Å². The molecule has 0 amide bonds. The summed E-state index contributed by atoms with van der Waals surface area (Å²) < 4.78 is 22.2. The second-order valence-corrected chi connectivity index (χ2v) is 6.92. The molecule has 0 bridgehead atoms. The standard InChI is InChI=1S/C11H16N3O9P/c12-6-1-2-14(11(19)13-6)10-9(18)8(17)5(23-10)3-22-24(20,21)4-7(15)16/h1-2,5,8-10,17-18H,3-4H2,(H,15,16)(H,20,21)(H2,12,13,19)/t5-,8-,9-,10-/m1/s1. The van der Waals surface area contributed by atoms with Crippen molar-refractivity contribution in [3.8, 4) is 0 Å². The maximum absolute atomic E-state index is 11.7. The average molecular weight is 365 g/mol. The maximum Gasteiger partial charge on any atom is 0.351 e. The fourth-order valence-electron chi connectivity index (χ4n) is 2.12. The predicted molar refractivity (Wildman–Crippen MR) is 77.1 cm³/mol. The van der Waals surface area contributed by atoms with Crippen molar-refractivity contribution in [2.45, 2.75) is 24.5 Å². The zero-order valence-corrected chi connectivity index (χ0v) is 13.0. The van der Waals surface area contributed by atoms with Crippen LogP contribution in [0.15, 0.2) is 17.1 Å². The first-order valence-corrected chi connectivity index (χ1v) is 8.41. The summed E-state index contributed by atoms with van der Waals surface area (Å²) in [4.78, 5) is 35.0. The topological polar surface area (TPSA) is 194 Å². The van der Waals surface area contributed by atoms with E-state index in [1.165, 1.54) is 12.3 Å². The normalized spacial score (nSPS) is 29.3. The van der Waals surface area contributed by atoms with E-state index >= 15 is 0 Å². The molecule has 0 radical (unpaired) electrons. The number of carboxylic acids is 1. The largest absolute Gasteiger partial charge is 0.481 e. The molecule has 1 saturated heterocycles. The van der Waals surface area contributed by atoms with Crippen molar-refractivity contribution in [1.82, 2.24) is 9.55 Å². The number of hydrogen-bond donors (Lipinski definition) is 5. The Morgan fingerprint density at radius 1 is 1.46 bits per heavy atom. The van der Waals surface area contributed by atoms with E-state index < -0.39 is 56.6 Å². The van der Waals surface area contributed by atoms with Gasteiger partial charge in [-0.3, -0.25) is 13.9 Å². The average Bonchev–Trinajstić information content (AvgIpc) is 2.72. The van der Waals surface area contributed by atoms with Crippen molar-refractivity contribution in [2.75, 3.05) is 18.5 Å². The second-order valence-electron chi connectivity index (χ2n) is 5.07. The van der Waals surface area contributed by atoms with Crippen LogP contribution >= 0.6 is 7.60 Å². The Kier molecular flexibility index (Phi) is 5.38. The highest BCUT2D eigenvalue weighted by Crippen LogP contribution is 2.42. The number of nitrogens with zero attached hydrogens (tertiary/aromatic N) is 2. The molecule has 24 heavy (non-hydrogen) atoms. The van der Waals surface area contributed by atoms with Crippen molar-refractivity contribution < 1.29 is 38.8 Å². The molecule has 2 heterocycles. The monoisotopic (exact) mass is 365 g/mol. The van der Waals surface area contributed by atoms with Gasteiger partial charge in [0.25, 0.3) is 0 Å². The minimum absolute atomic E-state index is 0.0425. The fraction of sp³-hybridized carbons (Fsp3) is 0.545. The Labute approximate surface area is 134 Å². The van der Waals surface area contributed by atoms with Crippen LogP contribution < -0.4 is 11.4 Å². The molecule has 2 rings (SSSR count). The van der Waals surface area contributed by atoms with Gasteiger partial charge in [0.15, 0.2) is 6.23 Å². The van der Waals surface area contributed by atoms with Gasteiger partial charge in [-0.1, -0.05) is 0 Å². The van der Waals surface area contributed by atoms with Crippen LogP contribution in [0.2, 0.25) is 0 Å². The molecular formula is C11H16N3O9P. The molecule has 1 unspecified atom stereocenters. The van der Waals surface area contributed by atoms with Crippen LogP contribution in [0.1, 0.15) is 6.23 Å². The van der Waals surface area contributed by atoms with Crippen LogP contribution in [-0.4, -0.2) is 66.8 Å². The van der Waals surface area contributed by atoms with E-state index in [1.54, 1.807) is 0 Å². The van der Waals surface area contributed by atoms with Gasteiger partial charge in [-0.15, -0.1) is 0 Å². The Hall–Kier alpha value is -1.82. The molecule has 0 aromatic carbocycles. The van der Waals surface area contributed by atoms with E-state index in [0.717, 1.165) is 4.57 Å². The number of nitrogens with two attached hydrogens (primary N) is 1. The summed E-state index contributed by atoms with van der Waals surface area (Å²) in [5, 5.41) is 28.4. The molecule has 0 aliphatic carbocycles. The van der Waals surface area contributed by atoms with Gasteiger partial charge >= 0.3 is 19.3 Å². The predicted octanol–water partition coefficient (Wildman–Crippen LogP) is -2.27. The molecule has 0 saturated carbocycles. The highest BCUT2D eigenvalue weighted by atomic mass is 31.2. The lowest BCUT2D eigenvalue weighted by molar-refractivity contribution is -0.134. The lowest BCUT2D eigenvalue weighted by atomic mass is 10.1. The highest BCUT2D eigenvalue weighted by molar-refractivity contribution is 7.53. The Morgan fingerprint density at radius 3 is 2.71 bits per heavy atom. The molecule has 13 heteroatoms. The highest BCUT2D eigenvalue weighted by Gasteiger charge is 2.45. The van der Waals surface area contributed by atoms with Gasteiger partial charge in [0.2, 0.25) is 0 Å². The van der Waals surface area contributed by atoms with Crippen LogP contribution in [0, 0.1) is 0 Å². The number of carbonyl (C=O) groups is 1. The Bertz CT molecular complexity index is 723. The van der Waals surface area contributed by atoms with Crippen molar-refractivity contribution in [3.63, 3.8) is 0 Å². The molecular weight excluding hydrogens is 349 g/mol. The number of rotatable bonds is 6. The first-order chi connectivity index (χ1) is 11.1. The Balaban J connectivity index is 2.08.